The van der Waals surface area contributed by atoms with Gasteiger partial charge in [-0.2, -0.15) is 0 Å². The van der Waals surface area contributed by atoms with Crippen LogP contribution in [0.5, 0.6) is 5.75 Å². The molecule has 0 amide bonds. The van der Waals surface area contributed by atoms with Crippen LogP contribution in [0.3, 0.4) is 0 Å². The summed E-state index contributed by atoms with van der Waals surface area (Å²) in [7, 11) is 1.67. The molecule has 0 atom stereocenters. The van der Waals surface area contributed by atoms with Gasteiger partial charge in [0, 0.05) is 23.3 Å². The van der Waals surface area contributed by atoms with Gasteiger partial charge in [-0.25, -0.2) is 4.98 Å². The summed E-state index contributed by atoms with van der Waals surface area (Å²) in [5.74, 6) is 2.24. The molecule has 0 bridgehead atoms. The van der Waals surface area contributed by atoms with Crippen molar-refractivity contribution in [3.8, 4) is 11.4 Å². The Morgan fingerprint density at radius 2 is 2.15 bits per heavy atom. The summed E-state index contributed by atoms with van der Waals surface area (Å²) in [6.07, 6.45) is 2.02. The standard InChI is InChI=1S/C15H20BrN3O/c1-10(2)8-17-15-18-11(3)9-19(15)14-7-12(20-4)5-6-13(14)16/h5-7,9-10H,8H2,1-4H3,(H,17,18). The predicted molar refractivity (Wildman–Crippen MR) is 85.9 cm³/mol. The van der Waals surface area contributed by atoms with Crippen molar-refractivity contribution < 1.29 is 4.74 Å². The topological polar surface area (TPSA) is 39.1 Å². The highest BCUT2D eigenvalue weighted by Crippen LogP contribution is 2.28. The highest BCUT2D eigenvalue weighted by Gasteiger charge is 2.11. The molecule has 0 spiro atoms. The van der Waals surface area contributed by atoms with Crippen molar-refractivity contribution in [1.29, 1.82) is 0 Å². The van der Waals surface area contributed by atoms with E-state index in [-0.39, 0.29) is 0 Å². The number of nitrogens with one attached hydrogen (secondary N) is 1. The summed E-state index contributed by atoms with van der Waals surface area (Å²) >= 11 is 3.59. The van der Waals surface area contributed by atoms with E-state index in [0.29, 0.717) is 5.92 Å². The third-order valence-corrected chi connectivity index (χ3v) is 3.58. The second-order valence-corrected chi connectivity index (χ2v) is 6.02. The van der Waals surface area contributed by atoms with Crippen molar-refractivity contribution in [1.82, 2.24) is 9.55 Å². The second-order valence-electron chi connectivity index (χ2n) is 5.17. The fraction of sp³-hybridized carbons (Fsp3) is 0.400. The molecule has 0 saturated heterocycles. The first kappa shape index (κ1) is 14.9. The van der Waals surface area contributed by atoms with E-state index in [0.717, 1.165) is 34.1 Å². The molecule has 20 heavy (non-hydrogen) atoms. The minimum atomic E-state index is 0.564. The number of hydrogen-bond acceptors (Lipinski definition) is 3. The van der Waals surface area contributed by atoms with Gasteiger partial charge in [-0.3, -0.25) is 4.57 Å². The highest BCUT2D eigenvalue weighted by molar-refractivity contribution is 9.10. The Kier molecular flexibility index (Phi) is 4.70. The average Bonchev–Trinajstić information content (AvgIpc) is 2.78. The van der Waals surface area contributed by atoms with E-state index in [1.165, 1.54) is 0 Å². The van der Waals surface area contributed by atoms with Crippen molar-refractivity contribution in [2.24, 2.45) is 5.92 Å². The Morgan fingerprint density at radius 3 is 2.80 bits per heavy atom. The molecule has 1 aromatic heterocycles. The zero-order chi connectivity index (χ0) is 14.7. The summed E-state index contributed by atoms with van der Waals surface area (Å²) < 4.78 is 8.35. The summed E-state index contributed by atoms with van der Waals surface area (Å²) in [6, 6.07) is 5.90. The van der Waals surface area contributed by atoms with Gasteiger partial charge < -0.3 is 10.1 Å². The summed E-state index contributed by atoms with van der Waals surface area (Å²) in [5.41, 5.74) is 1.99. The first-order chi connectivity index (χ1) is 9.51. The molecule has 0 unspecified atom stereocenters. The second kappa shape index (κ2) is 6.31. The number of benzene rings is 1. The SMILES string of the molecule is COc1ccc(Br)c(-n2cc(C)nc2NCC(C)C)c1. The normalized spacial score (nSPS) is 10.9. The number of aromatic nitrogens is 2. The molecule has 1 aromatic carbocycles. The number of halogens is 1. The number of methoxy groups -OCH3 is 1. The summed E-state index contributed by atoms with van der Waals surface area (Å²) in [5, 5.41) is 3.39. The fourth-order valence-corrected chi connectivity index (χ4v) is 2.34. The number of aryl methyl sites for hydroxylation is 1. The molecule has 0 aliphatic rings. The van der Waals surface area contributed by atoms with Crippen molar-refractivity contribution in [2.75, 3.05) is 19.0 Å². The van der Waals surface area contributed by atoms with E-state index in [9.17, 15) is 0 Å². The zero-order valence-electron chi connectivity index (χ0n) is 12.3. The van der Waals surface area contributed by atoms with Crippen LogP contribution in [-0.4, -0.2) is 23.2 Å². The Balaban J connectivity index is 2.41. The highest BCUT2D eigenvalue weighted by atomic mass is 79.9. The maximum absolute atomic E-state index is 5.30. The quantitative estimate of drug-likeness (QED) is 0.895. The summed E-state index contributed by atoms with van der Waals surface area (Å²) in [4.78, 5) is 4.55. The molecule has 2 aromatic rings. The van der Waals surface area contributed by atoms with Gasteiger partial charge in [-0.05, 0) is 40.9 Å². The lowest BCUT2D eigenvalue weighted by Gasteiger charge is -2.13. The van der Waals surface area contributed by atoms with Gasteiger partial charge in [-0.15, -0.1) is 0 Å². The fourth-order valence-electron chi connectivity index (χ4n) is 1.91. The van der Waals surface area contributed by atoms with Crippen LogP contribution < -0.4 is 10.1 Å². The maximum atomic E-state index is 5.30. The molecular formula is C15H20BrN3O. The first-order valence-electron chi connectivity index (χ1n) is 6.65. The monoisotopic (exact) mass is 337 g/mol. The van der Waals surface area contributed by atoms with Gasteiger partial charge in [0.25, 0.3) is 0 Å². The Labute approximate surface area is 128 Å². The number of nitrogens with zero attached hydrogens (tertiary/aromatic N) is 2. The lowest BCUT2D eigenvalue weighted by Crippen LogP contribution is -2.12. The molecule has 5 heteroatoms. The Hall–Kier alpha value is -1.49. The molecule has 1 heterocycles. The van der Waals surface area contributed by atoms with Crippen LogP contribution in [0.2, 0.25) is 0 Å². The number of anilines is 1. The zero-order valence-corrected chi connectivity index (χ0v) is 13.9. The van der Waals surface area contributed by atoms with E-state index in [4.69, 9.17) is 4.74 Å². The molecule has 1 N–H and O–H groups in total. The number of ether oxygens (including phenoxy) is 1. The van der Waals surface area contributed by atoms with Gasteiger partial charge >= 0.3 is 0 Å². The minimum Gasteiger partial charge on any atom is -0.497 e. The van der Waals surface area contributed by atoms with Crippen LogP contribution in [-0.2, 0) is 0 Å². The molecule has 0 aliphatic heterocycles. The molecule has 0 saturated carbocycles. The first-order valence-corrected chi connectivity index (χ1v) is 7.44. The smallest absolute Gasteiger partial charge is 0.207 e. The van der Waals surface area contributed by atoms with Crippen LogP contribution in [0.25, 0.3) is 5.69 Å². The largest absolute Gasteiger partial charge is 0.497 e. The minimum absolute atomic E-state index is 0.564. The molecular weight excluding hydrogens is 318 g/mol. The van der Waals surface area contributed by atoms with Gasteiger partial charge in [0.05, 0.1) is 18.5 Å². The van der Waals surface area contributed by atoms with E-state index >= 15 is 0 Å². The Bertz CT molecular complexity index is 593. The molecule has 0 fully saturated rings. The Morgan fingerprint density at radius 1 is 1.40 bits per heavy atom. The van der Waals surface area contributed by atoms with Crippen LogP contribution in [0.15, 0.2) is 28.9 Å². The van der Waals surface area contributed by atoms with Crippen LogP contribution >= 0.6 is 15.9 Å². The van der Waals surface area contributed by atoms with Crippen molar-refractivity contribution >= 4 is 21.9 Å². The third kappa shape index (κ3) is 3.33. The van der Waals surface area contributed by atoms with Crippen LogP contribution in [0.4, 0.5) is 5.95 Å². The molecule has 2 rings (SSSR count). The van der Waals surface area contributed by atoms with Crippen molar-refractivity contribution in [3.63, 3.8) is 0 Å². The van der Waals surface area contributed by atoms with Gasteiger partial charge in [0.2, 0.25) is 5.95 Å². The van der Waals surface area contributed by atoms with Crippen LogP contribution in [0.1, 0.15) is 19.5 Å². The maximum Gasteiger partial charge on any atom is 0.207 e. The predicted octanol–water partition coefficient (Wildman–Crippen LogP) is 4.02. The van der Waals surface area contributed by atoms with E-state index < -0.39 is 0 Å². The molecule has 0 radical (unpaired) electrons. The number of hydrogen-bond donors (Lipinski definition) is 1. The summed E-state index contributed by atoms with van der Waals surface area (Å²) in [6.45, 7) is 7.23. The van der Waals surface area contributed by atoms with E-state index in [2.05, 4.69) is 40.1 Å². The number of imidazole rings is 1. The van der Waals surface area contributed by atoms with E-state index in [1.807, 2.05) is 35.9 Å². The van der Waals surface area contributed by atoms with Gasteiger partial charge in [-0.1, -0.05) is 13.8 Å². The van der Waals surface area contributed by atoms with Gasteiger partial charge in [0.1, 0.15) is 5.75 Å². The molecule has 108 valence electrons. The lowest BCUT2D eigenvalue weighted by molar-refractivity contribution is 0.414. The van der Waals surface area contributed by atoms with Crippen molar-refractivity contribution in [3.05, 3.63) is 34.6 Å². The molecule has 4 nitrogen and oxygen atoms in total. The molecule has 0 aliphatic carbocycles. The van der Waals surface area contributed by atoms with Crippen LogP contribution in [0, 0.1) is 12.8 Å². The lowest BCUT2D eigenvalue weighted by atomic mass is 10.2. The van der Waals surface area contributed by atoms with Crippen molar-refractivity contribution in [2.45, 2.75) is 20.8 Å². The number of rotatable bonds is 5. The average molecular weight is 338 g/mol. The third-order valence-electron chi connectivity index (χ3n) is 2.91. The van der Waals surface area contributed by atoms with E-state index in [1.54, 1.807) is 7.11 Å². The van der Waals surface area contributed by atoms with Gasteiger partial charge in [0.15, 0.2) is 0 Å².